The summed E-state index contributed by atoms with van der Waals surface area (Å²) in [6, 6.07) is 0. The fraction of sp³-hybridized carbons (Fsp3) is 0.556. The summed E-state index contributed by atoms with van der Waals surface area (Å²) in [6.07, 6.45) is 0.449. The fourth-order valence-electron chi connectivity index (χ4n) is 0.968. The molecule has 0 aromatic carbocycles. The van der Waals surface area contributed by atoms with Gasteiger partial charge in [0.1, 0.15) is 0 Å². The predicted octanol–water partition coefficient (Wildman–Crippen LogP) is -0.860. The summed E-state index contributed by atoms with van der Waals surface area (Å²) in [5.41, 5.74) is 5.00. The zero-order valence-electron chi connectivity index (χ0n) is 9.26. The van der Waals surface area contributed by atoms with E-state index in [1.54, 1.807) is 0 Å². The number of rotatable bonds is 9. The molecule has 0 aliphatic carbocycles. The lowest BCUT2D eigenvalue weighted by atomic mass is 10.3. The van der Waals surface area contributed by atoms with Crippen molar-refractivity contribution in [2.45, 2.75) is 0 Å². The van der Waals surface area contributed by atoms with Gasteiger partial charge < -0.3 is 10.6 Å². The topological polar surface area (TPSA) is 97.5 Å². The number of amides is 2. The number of carbonyl (C=O) groups excluding carboxylic acids is 2. The first-order valence-electron chi connectivity index (χ1n) is 4.75. The number of hydrogen-bond acceptors (Lipinski definition) is 4. The minimum atomic E-state index is -3.27. The molecule has 2 N–H and O–H groups in total. The minimum Gasteiger partial charge on any atom is -0.366 e. The van der Waals surface area contributed by atoms with E-state index >= 15 is 0 Å². The zero-order valence-corrected chi connectivity index (χ0v) is 10.8. The molecule has 0 unspecified atom stereocenters. The van der Waals surface area contributed by atoms with Gasteiger partial charge in [0.15, 0.2) is 9.84 Å². The van der Waals surface area contributed by atoms with Crippen LogP contribution in [0.2, 0.25) is 0 Å². The van der Waals surface area contributed by atoms with E-state index in [4.69, 9.17) is 17.3 Å². The van der Waals surface area contributed by atoms with Crippen LogP contribution >= 0.6 is 11.6 Å². The van der Waals surface area contributed by atoms with Gasteiger partial charge >= 0.3 is 0 Å². The van der Waals surface area contributed by atoms with Gasteiger partial charge in [0, 0.05) is 18.0 Å². The predicted molar refractivity (Wildman–Crippen MR) is 65.3 cm³/mol. The molecule has 0 aromatic rings. The fourth-order valence-corrected chi connectivity index (χ4v) is 2.63. The number of nitrogens with two attached hydrogens (primary N) is 1. The third-order valence-electron chi connectivity index (χ3n) is 1.97. The Bertz CT molecular complexity index is 394. The van der Waals surface area contributed by atoms with Gasteiger partial charge in [0.05, 0.1) is 18.1 Å². The summed E-state index contributed by atoms with van der Waals surface area (Å²) in [6.45, 7) is 3.28. The number of hydrogen-bond donors (Lipinski definition) is 1. The molecule has 0 heterocycles. The van der Waals surface area contributed by atoms with E-state index in [1.807, 2.05) is 0 Å². The number of carbonyl (C=O) groups is 2. The van der Waals surface area contributed by atoms with E-state index < -0.39 is 15.7 Å². The van der Waals surface area contributed by atoms with Crippen molar-refractivity contribution in [3.8, 4) is 0 Å². The summed E-state index contributed by atoms with van der Waals surface area (Å²) in [7, 11) is -3.27. The minimum absolute atomic E-state index is 0.0113. The van der Waals surface area contributed by atoms with Crippen molar-refractivity contribution in [2.75, 3.05) is 30.5 Å². The number of nitrogens with zero attached hydrogens (tertiary/aromatic N) is 1. The van der Waals surface area contributed by atoms with Crippen molar-refractivity contribution in [3.63, 3.8) is 0 Å². The highest BCUT2D eigenvalue weighted by Crippen LogP contribution is 1.97. The maximum absolute atomic E-state index is 11.3. The van der Waals surface area contributed by atoms with Crippen LogP contribution < -0.4 is 5.73 Å². The molecule has 8 heteroatoms. The number of primary amides is 1. The molecule has 0 saturated carbocycles. The molecule has 0 atom stereocenters. The molecule has 0 saturated heterocycles. The summed E-state index contributed by atoms with van der Waals surface area (Å²) in [5, 5.41) is 0. The average molecular weight is 283 g/mol. The van der Waals surface area contributed by atoms with Crippen LogP contribution in [0.3, 0.4) is 0 Å². The summed E-state index contributed by atoms with van der Waals surface area (Å²) < 4.78 is 22.7. The molecular weight excluding hydrogens is 268 g/mol. The number of sulfone groups is 1. The van der Waals surface area contributed by atoms with Gasteiger partial charge in [-0.15, -0.1) is 11.6 Å². The van der Waals surface area contributed by atoms with Crippen LogP contribution in [0, 0.1) is 0 Å². The molecule has 0 spiro atoms. The first-order valence-corrected chi connectivity index (χ1v) is 7.11. The Balaban J connectivity index is 4.29. The molecule has 98 valence electrons. The molecule has 0 aliphatic rings. The molecule has 0 radical (unpaired) electrons. The van der Waals surface area contributed by atoms with E-state index in [1.165, 1.54) is 0 Å². The lowest BCUT2D eigenvalue weighted by Crippen LogP contribution is -2.33. The van der Waals surface area contributed by atoms with Crippen molar-refractivity contribution in [2.24, 2.45) is 5.73 Å². The Kier molecular flexibility index (Phi) is 6.82. The normalized spacial score (nSPS) is 10.9. The largest absolute Gasteiger partial charge is 0.366 e. The lowest BCUT2D eigenvalue weighted by Gasteiger charge is -2.17. The van der Waals surface area contributed by atoms with Crippen LogP contribution in [0.4, 0.5) is 0 Å². The highest BCUT2D eigenvalue weighted by molar-refractivity contribution is 7.91. The second kappa shape index (κ2) is 7.29. The Labute approximate surface area is 105 Å². The molecular formula is C9H15ClN2O4S. The summed E-state index contributed by atoms with van der Waals surface area (Å²) in [5.74, 6) is -1.06. The third kappa shape index (κ3) is 6.96. The maximum Gasteiger partial charge on any atom is 0.245 e. The molecule has 0 fully saturated rings. The summed E-state index contributed by atoms with van der Waals surface area (Å²) >= 11 is 5.32. The quantitative estimate of drug-likeness (QED) is 0.338. The van der Waals surface area contributed by atoms with Gasteiger partial charge in [-0.05, 0) is 0 Å². The molecule has 17 heavy (non-hydrogen) atoms. The first kappa shape index (κ1) is 15.9. The lowest BCUT2D eigenvalue weighted by molar-refractivity contribution is -0.118. The van der Waals surface area contributed by atoms with E-state index in [-0.39, 0.29) is 36.0 Å². The second-order valence-electron chi connectivity index (χ2n) is 3.38. The van der Waals surface area contributed by atoms with Gasteiger partial charge in [-0.25, -0.2) is 8.42 Å². The zero-order chi connectivity index (χ0) is 13.5. The van der Waals surface area contributed by atoms with Crippen LogP contribution in [-0.4, -0.2) is 56.1 Å². The third-order valence-corrected chi connectivity index (χ3v) is 4.01. The van der Waals surface area contributed by atoms with Gasteiger partial charge in [0.25, 0.3) is 0 Å². The van der Waals surface area contributed by atoms with Crippen molar-refractivity contribution in [1.29, 1.82) is 0 Å². The van der Waals surface area contributed by atoms with Crippen molar-refractivity contribution in [3.05, 3.63) is 12.2 Å². The Morgan fingerprint density at radius 1 is 1.41 bits per heavy atom. The van der Waals surface area contributed by atoms with Crippen molar-refractivity contribution >= 4 is 33.8 Å². The molecule has 0 rings (SSSR count). The SMILES string of the molecule is C=C(CN(C=O)CCS(=O)(=O)CCCl)C(N)=O. The van der Waals surface area contributed by atoms with Crippen LogP contribution in [0.15, 0.2) is 12.2 Å². The Morgan fingerprint density at radius 3 is 2.41 bits per heavy atom. The molecule has 0 bridgehead atoms. The van der Waals surface area contributed by atoms with Crippen molar-refractivity contribution in [1.82, 2.24) is 4.90 Å². The van der Waals surface area contributed by atoms with Gasteiger partial charge in [0.2, 0.25) is 12.3 Å². The second-order valence-corrected chi connectivity index (χ2v) is 6.07. The van der Waals surface area contributed by atoms with Crippen molar-refractivity contribution < 1.29 is 18.0 Å². The van der Waals surface area contributed by atoms with Gasteiger partial charge in [-0.1, -0.05) is 6.58 Å². The number of alkyl halides is 1. The van der Waals surface area contributed by atoms with E-state index in [9.17, 15) is 18.0 Å². The molecule has 2 amide bonds. The Hall–Kier alpha value is -1.08. The molecule has 0 aromatic heterocycles. The molecule has 6 nitrogen and oxygen atoms in total. The van der Waals surface area contributed by atoms with Crippen LogP contribution in [0.1, 0.15) is 0 Å². The van der Waals surface area contributed by atoms with Crippen LogP contribution in [-0.2, 0) is 19.4 Å². The highest BCUT2D eigenvalue weighted by Gasteiger charge is 2.14. The van der Waals surface area contributed by atoms with E-state index in [2.05, 4.69) is 6.58 Å². The van der Waals surface area contributed by atoms with Crippen LogP contribution in [0.5, 0.6) is 0 Å². The van der Waals surface area contributed by atoms with Gasteiger partial charge in [-0.3, -0.25) is 9.59 Å². The monoisotopic (exact) mass is 282 g/mol. The maximum atomic E-state index is 11.3. The molecule has 0 aliphatic heterocycles. The average Bonchev–Trinajstić information content (AvgIpc) is 2.23. The first-order chi connectivity index (χ1) is 7.82. The smallest absolute Gasteiger partial charge is 0.245 e. The summed E-state index contributed by atoms with van der Waals surface area (Å²) in [4.78, 5) is 22.5. The number of halogens is 1. The van der Waals surface area contributed by atoms with Crippen LogP contribution in [0.25, 0.3) is 0 Å². The standard InChI is InChI=1S/C9H15ClN2O4S/c1-8(9(11)14)6-12(7-13)3-5-17(15,16)4-2-10/h7H,1-6H2,(H2,11,14). The van der Waals surface area contributed by atoms with Gasteiger partial charge in [-0.2, -0.15) is 0 Å². The van der Waals surface area contributed by atoms with E-state index in [0.29, 0.717) is 6.41 Å². The highest BCUT2D eigenvalue weighted by atomic mass is 35.5. The Morgan fingerprint density at radius 2 is 2.00 bits per heavy atom. The van der Waals surface area contributed by atoms with E-state index in [0.717, 1.165) is 4.90 Å².